The van der Waals surface area contributed by atoms with Gasteiger partial charge in [0.05, 0.1) is 19.7 Å². The van der Waals surface area contributed by atoms with Crippen LogP contribution in [0.2, 0.25) is 0 Å². The number of carbonyl (C=O) groups excluding carboxylic acids is 1. The van der Waals surface area contributed by atoms with Gasteiger partial charge in [0.2, 0.25) is 0 Å². The smallest absolute Gasteiger partial charge is 0.416 e. The molecule has 130 valence electrons. The summed E-state index contributed by atoms with van der Waals surface area (Å²) in [5.41, 5.74) is 1.67. The van der Waals surface area contributed by atoms with Crippen molar-refractivity contribution < 1.29 is 27.8 Å². The Morgan fingerprint density at radius 2 is 2.04 bits per heavy atom. The molecule has 0 fully saturated rings. The number of likely N-dealkylation sites (N-methyl/N-ethyl adjacent to an activating group) is 1. The van der Waals surface area contributed by atoms with E-state index in [4.69, 9.17) is 9.84 Å². The lowest BCUT2D eigenvalue weighted by Crippen LogP contribution is -2.46. The molecule has 0 radical (unpaired) electrons. The first kappa shape index (κ1) is 19.1. The standard InChI is InChI=1S/C15H21F3N2O3/c1-9-5-6-12(23-4)11(7-9)10(2)19-14(22)20(3)8-13(21)15(16,17)18/h5-7,10,13,21H,8H2,1-4H3,(H,19,22)/t10-,13+/m1/s1. The Morgan fingerprint density at radius 1 is 1.43 bits per heavy atom. The fraction of sp³-hybridized carbons (Fsp3) is 0.533. The second kappa shape index (κ2) is 7.54. The molecular weight excluding hydrogens is 313 g/mol. The van der Waals surface area contributed by atoms with Crippen molar-refractivity contribution in [1.82, 2.24) is 10.2 Å². The molecule has 2 N–H and O–H groups in total. The summed E-state index contributed by atoms with van der Waals surface area (Å²) in [6.45, 7) is 2.74. The number of aryl methyl sites for hydroxylation is 1. The molecule has 0 unspecified atom stereocenters. The summed E-state index contributed by atoms with van der Waals surface area (Å²) in [7, 11) is 2.68. The van der Waals surface area contributed by atoms with Gasteiger partial charge in [0.1, 0.15) is 5.75 Å². The minimum atomic E-state index is -4.76. The number of amides is 2. The van der Waals surface area contributed by atoms with E-state index < -0.39 is 30.9 Å². The van der Waals surface area contributed by atoms with E-state index in [0.29, 0.717) is 11.3 Å². The van der Waals surface area contributed by atoms with E-state index in [-0.39, 0.29) is 0 Å². The number of alkyl halides is 3. The molecule has 1 aromatic carbocycles. The van der Waals surface area contributed by atoms with Gasteiger partial charge in [-0.3, -0.25) is 0 Å². The van der Waals surface area contributed by atoms with Gasteiger partial charge < -0.3 is 20.1 Å². The highest BCUT2D eigenvalue weighted by atomic mass is 19.4. The molecule has 1 aromatic rings. The van der Waals surface area contributed by atoms with Crippen LogP contribution in [0, 0.1) is 6.92 Å². The molecule has 0 bridgehead atoms. The Labute approximate surface area is 133 Å². The normalized spacial score (nSPS) is 14.1. The van der Waals surface area contributed by atoms with Gasteiger partial charge in [0.15, 0.2) is 6.10 Å². The van der Waals surface area contributed by atoms with Crippen LogP contribution in [-0.2, 0) is 0 Å². The van der Waals surface area contributed by atoms with Crippen molar-refractivity contribution in [2.24, 2.45) is 0 Å². The van der Waals surface area contributed by atoms with Gasteiger partial charge in [-0.05, 0) is 19.9 Å². The molecule has 0 saturated carbocycles. The number of urea groups is 1. The van der Waals surface area contributed by atoms with Crippen LogP contribution in [0.15, 0.2) is 18.2 Å². The number of hydrogen-bond donors (Lipinski definition) is 2. The third-order valence-corrected chi connectivity index (χ3v) is 3.36. The maximum atomic E-state index is 12.3. The highest BCUT2D eigenvalue weighted by Crippen LogP contribution is 2.26. The van der Waals surface area contributed by atoms with Crippen molar-refractivity contribution in [1.29, 1.82) is 0 Å². The number of aliphatic hydroxyl groups excluding tert-OH is 1. The van der Waals surface area contributed by atoms with Crippen LogP contribution in [0.4, 0.5) is 18.0 Å². The molecule has 0 aliphatic rings. The molecule has 0 aliphatic carbocycles. The third kappa shape index (κ3) is 5.31. The number of hydrogen-bond acceptors (Lipinski definition) is 3. The summed E-state index contributed by atoms with van der Waals surface area (Å²) in [5.74, 6) is 0.571. The van der Waals surface area contributed by atoms with E-state index in [1.807, 2.05) is 19.1 Å². The number of ether oxygens (including phenoxy) is 1. The van der Waals surface area contributed by atoms with E-state index in [2.05, 4.69) is 5.32 Å². The topological polar surface area (TPSA) is 61.8 Å². The van der Waals surface area contributed by atoms with Gasteiger partial charge in [0, 0.05) is 12.6 Å². The van der Waals surface area contributed by atoms with Gasteiger partial charge in [-0.2, -0.15) is 13.2 Å². The number of aliphatic hydroxyl groups is 1. The number of methoxy groups -OCH3 is 1. The van der Waals surface area contributed by atoms with Crippen LogP contribution >= 0.6 is 0 Å². The van der Waals surface area contributed by atoms with Gasteiger partial charge >= 0.3 is 12.2 Å². The molecule has 2 atom stereocenters. The van der Waals surface area contributed by atoms with Crippen LogP contribution in [0.3, 0.4) is 0 Å². The van der Waals surface area contributed by atoms with Crippen molar-refractivity contribution in [2.75, 3.05) is 20.7 Å². The Balaban J connectivity index is 2.75. The number of nitrogens with zero attached hydrogens (tertiary/aromatic N) is 1. The van der Waals surface area contributed by atoms with Crippen LogP contribution in [-0.4, -0.2) is 49.0 Å². The van der Waals surface area contributed by atoms with Crippen molar-refractivity contribution >= 4 is 6.03 Å². The average Bonchev–Trinajstić information content (AvgIpc) is 2.45. The lowest BCUT2D eigenvalue weighted by Gasteiger charge is -2.25. The molecule has 0 spiro atoms. The summed E-state index contributed by atoms with van der Waals surface area (Å²) < 4.78 is 42.2. The van der Waals surface area contributed by atoms with Crippen molar-refractivity contribution in [3.63, 3.8) is 0 Å². The van der Waals surface area contributed by atoms with Gasteiger partial charge in [-0.1, -0.05) is 17.7 Å². The van der Waals surface area contributed by atoms with E-state index in [1.54, 1.807) is 13.0 Å². The predicted molar refractivity (Wildman–Crippen MR) is 79.4 cm³/mol. The van der Waals surface area contributed by atoms with E-state index in [0.717, 1.165) is 10.5 Å². The molecule has 0 aliphatic heterocycles. The SMILES string of the molecule is COc1ccc(C)cc1[C@@H](C)NC(=O)N(C)C[C@H](O)C(F)(F)F. The Bertz CT molecular complexity index is 549. The van der Waals surface area contributed by atoms with Crippen LogP contribution in [0.1, 0.15) is 24.1 Å². The second-order valence-electron chi connectivity index (χ2n) is 5.35. The zero-order valence-corrected chi connectivity index (χ0v) is 13.4. The molecular formula is C15H21F3N2O3. The molecule has 2 amide bonds. The zero-order chi connectivity index (χ0) is 17.8. The first-order chi connectivity index (χ1) is 10.6. The molecule has 0 heterocycles. The van der Waals surface area contributed by atoms with E-state index in [9.17, 15) is 18.0 Å². The number of benzene rings is 1. The first-order valence-corrected chi connectivity index (χ1v) is 6.97. The van der Waals surface area contributed by atoms with Gasteiger partial charge in [0.25, 0.3) is 0 Å². The minimum absolute atomic E-state index is 0.470. The first-order valence-electron chi connectivity index (χ1n) is 6.97. The molecule has 1 rings (SSSR count). The van der Waals surface area contributed by atoms with Crippen molar-refractivity contribution in [3.8, 4) is 5.75 Å². The van der Waals surface area contributed by atoms with Crippen molar-refractivity contribution in [3.05, 3.63) is 29.3 Å². The monoisotopic (exact) mass is 334 g/mol. The number of carbonyl (C=O) groups is 1. The van der Waals surface area contributed by atoms with E-state index >= 15 is 0 Å². The molecule has 0 aromatic heterocycles. The van der Waals surface area contributed by atoms with Crippen molar-refractivity contribution in [2.45, 2.75) is 32.2 Å². The largest absolute Gasteiger partial charge is 0.496 e. The van der Waals surface area contributed by atoms with Crippen LogP contribution in [0.25, 0.3) is 0 Å². The van der Waals surface area contributed by atoms with E-state index in [1.165, 1.54) is 14.2 Å². The second-order valence-corrected chi connectivity index (χ2v) is 5.35. The molecule has 23 heavy (non-hydrogen) atoms. The summed E-state index contributed by atoms with van der Waals surface area (Å²) in [5, 5.41) is 11.6. The average molecular weight is 334 g/mol. The van der Waals surface area contributed by atoms with Gasteiger partial charge in [-0.25, -0.2) is 4.79 Å². The number of halogens is 3. The summed E-state index contributed by atoms with van der Waals surface area (Å²) >= 11 is 0. The predicted octanol–water partition coefficient (Wildman–Crippen LogP) is 2.63. The quantitative estimate of drug-likeness (QED) is 0.870. The molecule has 5 nitrogen and oxygen atoms in total. The maximum Gasteiger partial charge on any atom is 0.416 e. The molecule has 8 heteroatoms. The lowest BCUT2D eigenvalue weighted by molar-refractivity contribution is -0.205. The third-order valence-electron chi connectivity index (χ3n) is 3.36. The summed E-state index contributed by atoms with van der Waals surface area (Å²) in [6.07, 6.45) is -7.35. The highest BCUT2D eigenvalue weighted by Gasteiger charge is 2.39. The summed E-state index contributed by atoms with van der Waals surface area (Å²) in [4.78, 5) is 12.8. The minimum Gasteiger partial charge on any atom is -0.496 e. The fourth-order valence-electron chi connectivity index (χ4n) is 2.01. The Kier molecular flexibility index (Phi) is 6.26. The Hall–Kier alpha value is -1.96. The number of nitrogens with one attached hydrogen (secondary N) is 1. The maximum absolute atomic E-state index is 12.3. The Morgan fingerprint density at radius 3 is 2.57 bits per heavy atom. The number of rotatable bonds is 5. The fourth-order valence-corrected chi connectivity index (χ4v) is 2.01. The van der Waals surface area contributed by atoms with Crippen LogP contribution < -0.4 is 10.1 Å². The highest BCUT2D eigenvalue weighted by molar-refractivity contribution is 5.74. The molecule has 0 saturated heterocycles. The zero-order valence-electron chi connectivity index (χ0n) is 13.4. The lowest BCUT2D eigenvalue weighted by atomic mass is 10.0. The van der Waals surface area contributed by atoms with Crippen LogP contribution in [0.5, 0.6) is 5.75 Å². The van der Waals surface area contributed by atoms with Gasteiger partial charge in [-0.15, -0.1) is 0 Å². The summed E-state index contributed by atoms with van der Waals surface area (Å²) in [6, 6.07) is 4.24.